The van der Waals surface area contributed by atoms with Gasteiger partial charge in [0.05, 0.1) is 19.3 Å². The van der Waals surface area contributed by atoms with Crippen molar-refractivity contribution in [2.24, 2.45) is 0 Å². The molecule has 2 aliphatic heterocycles. The lowest BCUT2D eigenvalue weighted by molar-refractivity contribution is -0.336. The number of hydrogen-bond donors (Lipinski definition) is 6. The molecule has 2 saturated heterocycles. The first-order chi connectivity index (χ1) is 23.3. The maximum atomic E-state index is 13.1. The zero-order chi connectivity index (χ0) is 35.4. The summed E-state index contributed by atoms with van der Waals surface area (Å²) in [5.41, 5.74) is 1.04. The second-order valence-corrected chi connectivity index (χ2v) is 14.2. The van der Waals surface area contributed by atoms with Gasteiger partial charge in [-0.25, -0.2) is 0 Å². The molecule has 49 heavy (non-hydrogen) atoms. The highest BCUT2D eigenvalue weighted by atomic mass is 16.8. The maximum Gasteiger partial charge on any atom is 0.245 e. The third-order valence-electron chi connectivity index (χ3n) is 10.3. The highest BCUT2D eigenvalue weighted by molar-refractivity contribution is 5.91. The standard InChI is InChI=1S/C37H53N3O9/c1-24-10-13-28(37-33(45)31(43)32(44)36(49-37,23-48-37)25(2)41)22-27(24)21-26-11-14-29(15-12-26)47-20-8-9-30(42)39-35(16-6-5-7-17-35)34(46)38-18-19-40(3)4/h10-15,22,25,31-33,41,43-45H,5-9,16-21,23H2,1-4H3,(H,38,46)(H,39,42)/t25-,31+,32+,33-,36-,37+/m1/s1. The first kappa shape index (κ1) is 37.2. The Hall–Kier alpha value is -3.10. The van der Waals surface area contributed by atoms with Gasteiger partial charge in [-0.15, -0.1) is 0 Å². The Bertz CT molecular complexity index is 1450. The van der Waals surface area contributed by atoms with E-state index in [4.69, 9.17) is 14.2 Å². The van der Waals surface area contributed by atoms with Crippen LogP contribution in [0.15, 0.2) is 42.5 Å². The van der Waals surface area contributed by atoms with E-state index in [0.29, 0.717) is 50.1 Å². The van der Waals surface area contributed by atoms with Crippen molar-refractivity contribution in [3.05, 3.63) is 64.7 Å². The highest BCUT2D eigenvalue weighted by Crippen LogP contribution is 2.51. The number of aryl methyl sites for hydroxylation is 1. The molecule has 0 spiro atoms. The molecule has 12 nitrogen and oxygen atoms in total. The Balaban J connectivity index is 1.14. The van der Waals surface area contributed by atoms with Crippen LogP contribution in [0.3, 0.4) is 0 Å². The molecule has 3 fully saturated rings. The Kier molecular flexibility index (Phi) is 11.7. The van der Waals surface area contributed by atoms with Crippen molar-refractivity contribution in [3.63, 3.8) is 0 Å². The molecule has 2 aromatic carbocycles. The van der Waals surface area contributed by atoms with E-state index in [1.807, 2.05) is 62.3 Å². The smallest absolute Gasteiger partial charge is 0.245 e. The largest absolute Gasteiger partial charge is 0.494 e. The van der Waals surface area contributed by atoms with E-state index in [1.165, 1.54) is 6.92 Å². The van der Waals surface area contributed by atoms with Gasteiger partial charge in [0.2, 0.25) is 17.6 Å². The van der Waals surface area contributed by atoms with Gasteiger partial charge in [-0.2, -0.15) is 0 Å². The number of aliphatic hydroxyl groups excluding tert-OH is 4. The molecular weight excluding hydrogens is 630 g/mol. The van der Waals surface area contributed by atoms with Crippen LogP contribution < -0.4 is 15.4 Å². The summed E-state index contributed by atoms with van der Waals surface area (Å²) in [5, 5.41) is 48.8. The molecule has 6 atom stereocenters. The van der Waals surface area contributed by atoms with Crippen LogP contribution in [-0.2, 0) is 31.3 Å². The Morgan fingerprint density at radius 1 is 1.04 bits per heavy atom. The van der Waals surface area contributed by atoms with Gasteiger partial charge in [0, 0.05) is 25.1 Å². The molecule has 0 aromatic heterocycles. The van der Waals surface area contributed by atoms with Crippen LogP contribution in [0.1, 0.15) is 74.1 Å². The van der Waals surface area contributed by atoms with Crippen LogP contribution in [0.5, 0.6) is 5.75 Å². The minimum atomic E-state index is -1.73. The van der Waals surface area contributed by atoms with E-state index in [0.717, 1.165) is 42.5 Å². The fourth-order valence-corrected chi connectivity index (χ4v) is 7.19. The predicted molar refractivity (Wildman–Crippen MR) is 182 cm³/mol. The molecule has 1 aliphatic carbocycles. The lowest BCUT2D eigenvalue weighted by atomic mass is 9.80. The van der Waals surface area contributed by atoms with Crippen molar-refractivity contribution in [1.29, 1.82) is 0 Å². The molecule has 0 radical (unpaired) electrons. The number of fused-ring (bicyclic) bond motifs is 2. The predicted octanol–water partition coefficient (Wildman–Crippen LogP) is 1.66. The molecular formula is C37H53N3O9. The van der Waals surface area contributed by atoms with E-state index in [2.05, 4.69) is 10.6 Å². The van der Waals surface area contributed by atoms with Gasteiger partial charge in [0.1, 0.15) is 35.2 Å². The lowest BCUT2D eigenvalue weighted by Crippen LogP contribution is -2.67. The fourth-order valence-electron chi connectivity index (χ4n) is 7.19. The van der Waals surface area contributed by atoms with E-state index >= 15 is 0 Å². The molecule has 1 saturated carbocycles. The quantitative estimate of drug-likeness (QED) is 0.161. The number of benzene rings is 2. The average Bonchev–Trinajstić information content (AvgIpc) is 3.48. The van der Waals surface area contributed by atoms with E-state index < -0.39 is 41.3 Å². The van der Waals surface area contributed by atoms with Crippen molar-refractivity contribution in [3.8, 4) is 5.75 Å². The van der Waals surface area contributed by atoms with Crippen molar-refractivity contribution in [2.45, 2.75) is 107 Å². The van der Waals surface area contributed by atoms with Crippen LogP contribution in [0.4, 0.5) is 0 Å². The third-order valence-corrected chi connectivity index (χ3v) is 10.3. The number of nitrogens with zero attached hydrogens (tertiary/aromatic N) is 1. The number of carbonyl (C=O) groups is 2. The topological polar surface area (TPSA) is 170 Å². The number of carbonyl (C=O) groups excluding carboxylic acids is 2. The minimum Gasteiger partial charge on any atom is -0.494 e. The van der Waals surface area contributed by atoms with Gasteiger partial charge in [0.25, 0.3) is 0 Å². The normalized spacial score (nSPS) is 28.2. The Morgan fingerprint density at radius 2 is 1.76 bits per heavy atom. The fraction of sp³-hybridized carbons (Fsp3) is 0.622. The minimum absolute atomic E-state index is 0.0934. The summed E-state index contributed by atoms with van der Waals surface area (Å²) in [7, 11) is 3.91. The van der Waals surface area contributed by atoms with Gasteiger partial charge in [-0.05, 0) is 88.5 Å². The molecule has 2 bridgehead atoms. The van der Waals surface area contributed by atoms with E-state index in [-0.39, 0.29) is 24.8 Å². The summed E-state index contributed by atoms with van der Waals surface area (Å²) < 4.78 is 18.0. The number of hydrogen-bond acceptors (Lipinski definition) is 10. The molecule has 2 aromatic rings. The summed E-state index contributed by atoms with van der Waals surface area (Å²) >= 11 is 0. The number of likely N-dealkylation sites (N-methyl/N-ethyl adjacent to an activating group) is 1. The maximum absolute atomic E-state index is 13.1. The summed E-state index contributed by atoms with van der Waals surface area (Å²) in [6.07, 6.45) is -0.282. The Labute approximate surface area is 288 Å². The monoisotopic (exact) mass is 683 g/mol. The molecule has 12 heteroatoms. The first-order valence-electron chi connectivity index (χ1n) is 17.4. The van der Waals surface area contributed by atoms with Crippen molar-refractivity contribution in [2.75, 3.05) is 40.4 Å². The van der Waals surface area contributed by atoms with Gasteiger partial charge in [0.15, 0.2) is 0 Å². The van der Waals surface area contributed by atoms with Crippen LogP contribution in [0.25, 0.3) is 0 Å². The van der Waals surface area contributed by atoms with Crippen LogP contribution in [-0.4, -0.2) is 113 Å². The van der Waals surface area contributed by atoms with Crippen molar-refractivity contribution in [1.82, 2.24) is 15.5 Å². The molecule has 5 rings (SSSR count). The number of ether oxygens (including phenoxy) is 3. The zero-order valence-electron chi connectivity index (χ0n) is 29.1. The van der Waals surface area contributed by atoms with E-state index in [1.54, 1.807) is 6.07 Å². The number of aliphatic hydroxyl groups is 4. The molecule has 6 N–H and O–H groups in total. The molecule has 0 unspecified atom stereocenters. The SMILES string of the molecule is Cc1ccc([C@]23OC[C@]([C@@H](C)O)(O2)[C@@H](O)[C@H](O)[C@H]3O)cc1Cc1ccc(OCCCC(=O)NC2(C(=O)NCCN(C)C)CCCCC2)cc1. The summed E-state index contributed by atoms with van der Waals surface area (Å²) in [6, 6.07) is 13.2. The number of rotatable bonds is 14. The summed E-state index contributed by atoms with van der Waals surface area (Å²) in [4.78, 5) is 28.0. The van der Waals surface area contributed by atoms with Gasteiger partial charge < -0.3 is 50.2 Å². The Morgan fingerprint density at radius 3 is 2.43 bits per heavy atom. The van der Waals surface area contributed by atoms with Crippen molar-refractivity contribution < 1.29 is 44.2 Å². The summed E-state index contributed by atoms with van der Waals surface area (Å²) in [5.74, 6) is -1.29. The molecule has 2 heterocycles. The third kappa shape index (κ3) is 7.80. The van der Waals surface area contributed by atoms with Gasteiger partial charge >= 0.3 is 0 Å². The van der Waals surface area contributed by atoms with E-state index in [9.17, 15) is 30.0 Å². The number of nitrogens with one attached hydrogen (secondary N) is 2. The average molecular weight is 684 g/mol. The first-order valence-corrected chi connectivity index (χ1v) is 17.4. The summed E-state index contributed by atoms with van der Waals surface area (Å²) in [6.45, 7) is 4.88. The molecule has 3 aliphatic rings. The highest BCUT2D eigenvalue weighted by Gasteiger charge is 2.68. The van der Waals surface area contributed by atoms with Gasteiger partial charge in [-0.3, -0.25) is 9.59 Å². The van der Waals surface area contributed by atoms with Crippen molar-refractivity contribution >= 4 is 11.8 Å². The second-order valence-electron chi connectivity index (χ2n) is 14.2. The lowest BCUT2D eigenvalue weighted by Gasteiger charge is -2.47. The van der Waals surface area contributed by atoms with Gasteiger partial charge in [-0.1, -0.05) is 43.5 Å². The van der Waals surface area contributed by atoms with Crippen LogP contribution >= 0.6 is 0 Å². The molecule has 2 amide bonds. The zero-order valence-corrected chi connectivity index (χ0v) is 29.1. The second kappa shape index (κ2) is 15.4. The van der Waals surface area contributed by atoms with Crippen LogP contribution in [0.2, 0.25) is 0 Å². The number of amides is 2. The molecule has 270 valence electrons. The van der Waals surface area contributed by atoms with Crippen LogP contribution in [0, 0.1) is 6.92 Å².